The monoisotopic (exact) mass is 242 g/mol. The molecule has 0 fully saturated rings. The smallest absolute Gasteiger partial charge is 0.200 e. The van der Waals surface area contributed by atoms with E-state index in [4.69, 9.17) is 0 Å². The minimum atomic E-state index is 0.115. The highest BCUT2D eigenvalue weighted by molar-refractivity contribution is 8.13. The quantitative estimate of drug-likeness (QED) is 0.779. The van der Waals surface area contributed by atoms with Crippen molar-refractivity contribution in [2.24, 2.45) is 15.6 Å². The molecule has 0 spiro atoms. The second-order valence-electron chi connectivity index (χ2n) is 4.37. The van der Waals surface area contributed by atoms with Gasteiger partial charge in [0, 0.05) is 5.41 Å². The van der Waals surface area contributed by atoms with E-state index in [1.807, 2.05) is 6.26 Å². The fraction of sp³-hybridized carbons (Fsp3) is 0.818. The number of hydrazone groups is 2. The first-order valence-electron chi connectivity index (χ1n) is 5.88. The third-order valence-corrected chi connectivity index (χ3v) is 3.46. The van der Waals surface area contributed by atoms with Crippen molar-refractivity contribution in [1.82, 2.24) is 10.9 Å². The summed E-state index contributed by atoms with van der Waals surface area (Å²) in [6.45, 7) is 6.68. The van der Waals surface area contributed by atoms with Crippen molar-refractivity contribution >= 4 is 22.8 Å². The van der Waals surface area contributed by atoms with Gasteiger partial charge in [0.1, 0.15) is 5.84 Å². The Labute approximate surface area is 102 Å². The van der Waals surface area contributed by atoms with Crippen molar-refractivity contribution in [1.29, 1.82) is 0 Å². The van der Waals surface area contributed by atoms with Gasteiger partial charge in [-0.1, -0.05) is 45.4 Å². The van der Waals surface area contributed by atoms with E-state index in [9.17, 15) is 0 Å². The lowest BCUT2D eigenvalue weighted by Crippen LogP contribution is -2.42. The summed E-state index contributed by atoms with van der Waals surface area (Å²) in [5.41, 5.74) is 6.18. The number of nitrogens with zero attached hydrogens (tertiary/aromatic N) is 2. The second kappa shape index (κ2) is 6.13. The number of hydrogen-bond acceptors (Lipinski definition) is 5. The van der Waals surface area contributed by atoms with Crippen molar-refractivity contribution in [2.45, 2.75) is 46.5 Å². The highest BCUT2D eigenvalue weighted by atomic mass is 32.2. The van der Waals surface area contributed by atoms with E-state index in [0.717, 1.165) is 36.7 Å². The summed E-state index contributed by atoms with van der Waals surface area (Å²) in [5, 5.41) is 9.46. The summed E-state index contributed by atoms with van der Waals surface area (Å²) in [6.07, 6.45) is 6.58. The molecule has 0 unspecified atom stereocenters. The standard InChI is InChI=1S/C11H22N4S/c1-5-7-11(3,8-6-2)9-12-14-10(16-4)15-13-9/h5-8H2,1-4H3,(H,12,13)(H,14,15). The van der Waals surface area contributed by atoms with Crippen molar-refractivity contribution in [3.63, 3.8) is 0 Å². The molecule has 92 valence electrons. The first-order valence-corrected chi connectivity index (χ1v) is 7.10. The molecule has 16 heavy (non-hydrogen) atoms. The molecule has 5 heteroatoms. The Balaban J connectivity index is 2.70. The average molecular weight is 242 g/mol. The van der Waals surface area contributed by atoms with E-state index in [2.05, 4.69) is 41.8 Å². The van der Waals surface area contributed by atoms with Crippen LogP contribution in [0.15, 0.2) is 10.2 Å². The Bertz CT molecular complexity index is 280. The van der Waals surface area contributed by atoms with Crippen LogP contribution in [0.5, 0.6) is 0 Å². The number of hydrogen-bond donors (Lipinski definition) is 2. The SMILES string of the molecule is CCCC(C)(CCC)C1=NNC(SC)=NN1. The van der Waals surface area contributed by atoms with Gasteiger partial charge >= 0.3 is 0 Å². The van der Waals surface area contributed by atoms with Crippen LogP contribution in [-0.4, -0.2) is 17.3 Å². The molecule has 0 atom stereocenters. The van der Waals surface area contributed by atoms with Crippen LogP contribution in [0.4, 0.5) is 0 Å². The number of amidine groups is 2. The van der Waals surface area contributed by atoms with Gasteiger partial charge in [-0.25, -0.2) is 0 Å². The Hall–Kier alpha value is -0.710. The van der Waals surface area contributed by atoms with Gasteiger partial charge in [0.15, 0.2) is 0 Å². The maximum absolute atomic E-state index is 4.39. The summed E-state index contributed by atoms with van der Waals surface area (Å²) in [7, 11) is 0. The molecule has 0 aromatic rings. The predicted octanol–water partition coefficient (Wildman–Crippen LogP) is 2.73. The summed E-state index contributed by atoms with van der Waals surface area (Å²) in [5.74, 6) is 0.967. The molecule has 0 aromatic heterocycles. The van der Waals surface area contributed by atoms with E-state index in [0.29, 0.717) is 0 Å². The van der Waals surface area contributed by atoms with Crippen molar-refractivity contribution in [3.8, 4) is 0 Å². The lowest BCUT2D eigenvalue weighted by Gasteiger charge is -2.31. The maximum Gasteiger partial charge on any atom is 0.200 e. The number of nitrogens with one attached hydrogen (secondary N) is 2. The highest BCUT2D eigenvalue weighted by Crippen LogP contribution is 2.30. The van der Waals surface area contributed by atoms with Crippen LogP contribution < -0.4 is 10.9 Å². The molecule has 0 radical (unpaired) electrons. The van der Waals surface area contributed by atoms with E-state index >= 15 is 0 Å². The maximum atomic E-state index is 4.39. The summed E-state index contributed by atoms with van der Waals surface area (Å²) in [6, 6.07) is 0. The molecule has 0 aromatic carbocycles. The lowest BCUT2D eigenvalue weighted by molar-refractivity contribution is 0.371. The number of thioether (sulfide) groups is 1. The molecule has 0 saturated heterocycles. The largest absolute Gasteiger partial charge is 0.260 e. The molecule has 0 bridgehead atoms. The molecule has 2 N–H and O–H groups in total. The van der Waals surface area contributed by atoms with E-state index in [1.54, 1.807) is 11.8 Å². The fourth-order valence-corrected chi connectivity index (χ4v) is 2.36. The Morgan fingerprint density at radius 1 is 1.12 bits per heavy atom. The number of rotatable bonds is 5. The zero-order valence-electron chi connectivity index (χ0n) is 10.6. The van der Waals surface area contributed by atoms with E-state index < -0.39 is 0 Å². The van der Waals surface area contributed by atoms with Gasteiger partial charge < -0.3 is 0 Å². The van der Waals surface area contributed by atoms with Crippen LogP contribution in [0.2, 0.25) is 0 Å². The van der Waals surface area contributed by atoms with Crippen molar-refractivity contribution in [3.05, 3.63) is 0 Å². The van der Waals surface area contributed by atoms with Crippen molar-refractivity contribution < 1.29 is 0 Å². The summed E-state index contributed by atoms with van der Waals surface area (Å²) < 4.78 is 0. The van der Waals surface area contributed by atoms with Gasteiger partial charge in [-0.15, -0.1) is 5.10 Å². The van der Waals surface area contributed by atoms with Gasteiger partial charge in [0.2, 0.25) is 5.17 Å². The molecule has 1 rings (SSSR count). The van der Waals surface area contributed by atoms with Gasteiger partial charge in [-0.2, -0.15) is 5.10 Å². The van der Waals surface area contributed by atoms with E-state index in [1.165, 1.54) is 0 Å². The minimum absolute atomic E-state index is 0.115. The topological polar surface area (TPSA) is 48.8 Å². The highest BCUT2D eigenvalue weighted by Gasteiger charge is 2.30. The average Bonchev–Trinajstić information content (AvgIpc) is 2.30. The van der Waals surface area contributed by atoms with Gasteiger partial charge in [-0.05, 0) is 19.1 Å². The Morgan fingerprint density at radius 2 is 1.75 bits per heavy atom. The zero-order valence-corrected chi connectivity index (χ0v) is 11.4. The molecule has 0 amide bonds. The molecule has 1 aliphatic heterocycles. The minimum Gasteiger partial charge on any atom is -0.260 e. The Kier molecular flexibility index (Phi) is 5.12. The van der Waals surface area contributed by atoms with Gasteiger partial charge in [-0.3, -0.25) is 10.9 Å². The summed E-state index contributed by atoms with van der Waals surface area (Å²) in [4.78, 5) is 0. The van der Waals surface area contributed by atoms with E-state index in [-0.39, 0.29) is 5.41 Å². The van der Waals surface area contributed by atoms with Crippen LogP contribution in [0.3, 0.4) is 0 Å². The molecule has 0 aliphatic carbocycles. The van der Waals surface area contributed by atoms with Crippen LogP contribution in [0, 0.1) is 5.41 Å². The van der Waals surface area contributed by atoms with Crippen molar-refractivity contribution in [2.75, 3.05) is 6.26 Å². The first kappa shape index (κ1) is 13.4. The summed E-state index contributed by atoms with van der Waals surface area (Å²) >= 11 is 1.55. The molecular weight excluding hydrogens is 220 g/mol. The third-order valence-electron chi connectivity index (χ3n) is 2.90. The van der Waals surface area contributed by atoms with Crippen LogP contribution in [-0.2, 0) is 0 Å². The molecular formula is C11H22N4S. The predicted molar refractivity (Wildman–Crippen MR) is 72.6 cm³/mol. The Morgan fingerprint density at radius 3 is 2.12 bits per heavy atom. The van der Waals surface area contributed by atoms with Crippen LogP contribution >= 0.6 is 11.8 Å². The normalized spacial score (nSPS) is 16.0. The van der Waals surface area contributed by atoms with Gasteiger partial charge in [0.25, 0.3) is 0 Å². The van der Waals surface area contributed by atoms with Crippen LogP contribution in [0.1, 0.15) is 46.5 Å². The zero-order chi connectivity index (χ0) is 12.0. The molecule has 1 heterocycles. The first-order chi connectivity index (χ1) is 7.66. The molecule has 0 saturated carbocycles. The molecule has 1 aliphatic rings. The lowest BCUT2D eigenvalue weighted by atomic mass is 9.80. The van der Waals surface area contributed by atoms with Gasteiger partial charge in [0.05, 0.1) is 0 Å². The van der Waals surface area contributed by atoms with Crippen LogP contribution in [0.25, 0.3) is 0 Å². The second-order valence-corrected chi connectivity index (χ2v) is 5.16. The molecule has 4 nitrogen and oxygen atoms in total. The third kappa shape index (κ3) is 3.14. The fourth-order valence-electron chi connectivity index (χ4n) is 2.08.